The van der Waals surface area contributed by atoms with Crippen LogP contribution in [0, 0.1) is 0 Å². The van der Waals surface area contributed by atoms with Crippen molar-refractivity contribution >= 4 is 40.0 Å². The maximum Gasteiger partial charge on any atom is 0.341 e. The summed E-state index contributed by atoms with van der Waals surface area (Å²) >= 11 is 3.14. The maximum atomic E-state index is 12.2. The van der Waals surface area contributed by atoms with Gasteiger partial charge in [0.05, 0.1) is 17.4 Å². The second kappa shape index (κ2) is 7.13. The molecule has 1 aromatic heterocycles. The van der Waals surface area contributed by atoms with Gasteiger partial charge in [0, 0.05) is 4.88 Å². The molecule has 1 amide bonds. The van der Waals surface area contributed by atoms with Gasteiger partial charge in [-0.2, -0.15) is 0 Å². The number of nitrogens with one attached hydrogen (secondary N) is 1. The topological polar surface area (TPSA) is 55.4 Å². The quantitative estimate of drug-likeness (QED) is 0.847. The van der Waals surface area contributed by atoms with Crippen LogP contribution in [-0.4, -0.2) is 29.5 Å². The van der Waals surface area contributed by atoms with Gasteiger partial charge < -0.3 is 10.1 Å². The van der Waals surface area contributed by atoms with E-state index < -0.39 is 0 Å². The van der Waals surface area contributed by atoms with E-state index in [-0.39, 0.29) is 17.1 Å². The molecule has 1 fully saturated rings. The summed E-state index contributed by atoms with van der Waals surface area (Å²) in [4.78, 5) is 25.2. The monoisotopic (exact) mass is 313 g/mol. The molecule has 1 aromatic rings. The predicted molar refractivity (Wildman–Crippen MR) is 83.8 cm³/mol. The third-order valence-electron chi connectivity index (χ3n) is 3.09. The van der Waals surface area contributed by atoms with Crippen LogP contribution in [0.4, 0.5) is 5.00 Å². The standard InChI is InChI=1S/C14H19NO3S2/c1-3-9-8-10(14(17)18-4-2)13(20-9)15-12(16)11-6-5-7-19-11/h8,11H,3-7H2,1-2H3,(H,15,16). The van der Waals surface area contributed by atoms with E-state index in [9.17, 15) is 9.59 Å². The fourth-order valence-electron chi connectivity index (χ4n) is 2.05. The Labute approximate surface area is 127 Å². The van der Waals surface area contributed by atoms with Crippen LogP contribution in [0.2, 0.25) is 0 Å². The zero-order valence-electron chi connectivity index (χ0n) is 11.7. The summed E-state index contributed by atoms with van der Waals surface area (Å²) in [5.74, 6) is 0.674. The first-order valence-electron chi connectivity index (χ1n) is 6.88. The fourth-order valence-corrected chi connectivity index (χ4v) is 4.20. The summed E-state index contributed by atoms with van der Waals surface area (Å²) in [6.45, 7) is 4.14. The van der Waals surface area contributed by atoms with Gasteiger partial charge in [0.1, 0.15) is 5.00 Å². The van der Waals surface area contributed by atoms with Crippen molar-refractivity contribution < 1.29 is 14.3 Å². The number of aryl methyl sites for hydroxylation is 1. The van der Waals surface area contributed by atoms with Gasteiger partial charge >= 0.3 is 5.97 Å². The third kappa shape index (κ3) is 3.55. The Morgan fingerprint density at radius 3 is 2.85 bits per heavy atom. The average Bonchev–Trinajstić information content (AvgIpc) is 3.08. The van der Waals surface area contributed by atoms with Crippen LogP contribution in [-0.2, 0) is 16.0 Å². The highest BCUT2D eigenvalue weighted by molar-refractivity contribution is 8.00. The lowest BCUT2D eigenvalue weighted by atomic mass is 10.2. The van der Waals surface area contributed by atoms with E-state index >= 15 is 0 Å². The normalized spacial score (nSPS) is 18.0. The predicted octanol–water partition coefficient (Wildman–Crippen LogP) is 3.32. The number of anilines is 1. The van der Waals surface area contributed by atoms with E-state index in [1.807, 2.05) is 13.0 Å². The van der Waals surface area contributed by atoms with Crippen LogP contribution in [0.1, 0.15) is 41.9 Å². The van der Waals surface area contributed by atoms with Gasteiger partial charge in [-0.1, -0.05) is 6.92 Å². The molecule has 2 heterocycles. The molecule has 1 aliphatic heterocycles. The Morgan fingerprint density at radius 2 is 2.25 bits per heavy atom. The molecule has 6 heteroatoms. The molecule has 1 saturated heterocycles. The fraction of sp³-hybridized carbons (Fsp3) is 0.571. The lowest BCUT2D eigenvalue weighted by Crippen LogP contribution is -2.23. The molecule has 1 N–H and O–H groups in total. The molecule has 4 nitrogen and oxygen atoms in total. The van der Waals surface area contributed by atoms with Crippen molar-refractivity contribution in [1.29, 1.82) is 0 Å². The van der Waals surface area contributed by atoms with Crippen LogP contribution in [0.3, 0.4) is 0 Å². The Hall–Kier alpha value is -1.01. The highest BCUT2D eigenvalue weighted by Gasteiger charge is 2.26. The van der Waals surface area contributed by atoms with E-state index in [1.165, 1.54) is 11.3 Å². The lowest BCUT2D eigenvalue weighted by Gasteiger charge is -2.09. The first-order valence-corrected chi connectivity index (χ1v) is 8.74. The summed E-state index contributed by atoms with van der Waals surface area (Å²) in [7, 11) is 0. The number of hydrogen-bond acceptors (Lipinski definition) is 5. The number of hydrogen-bond donors (Lipinski definition) is 1. The Bertz CT molecular complexity index is 493. The molecule has 0 aliphatic carbocycles. The van der Waals surface area contributed by atoms with Crippen LogP contribution in [0.5, 0.6) is 0 Å². The number of carbonyl (C=O) groups is 2. The van der Waals surface area contributed by atoms with Crippen molar-refractivity contribution in [3.63, 3.8) is 0 Å². The first kappa shape index (κ1) is 15.4. The minimum absolute atomic E-state index is 0.00236. The second-order valence-corrected chi connectivity index (χ2v) is 6.97. The van der Waals surface area contributed by atoms with Crippen LogP contribution in [0.25, 0.3) is 0 Å². The summed E-state index contributed by atoms with van der Waals surface area (Å²) in [5, 5.41) is 3.54. The number of thioether (sulfide) groups is 1. The molecule has 0 bridgehead atoms. The van der Waals surface area contributed by atoms with Crippen molar-refractivity contribution in [2.24, 2.45) is 0 Å². The van der Waals surface area contributed by atoms with E-state index in [1.54, 1.807) is 18.7 Å². The minimum atomic E-state index is -0.363. The molecule has 0 spiro atoms. The molecule has 110 valence electrons. The van der Waals surface area contributed by atoms with Gasteiger partial charge in [-0.05, 0) is 38.0 Å². The highest BCUT2D eigenvalue weighted by Crippen LogP contribution is 2.32. The maximum absolute atomic E-state index is 12.2. The van der Waals surface area contributed by atoms with Crippen molar-refractivity contribution in [3.8, 4) is 0 Å². The van der Waals surface area contributed by atoms with Gasteiger partial charge in [-0.25, -0.2) is 4.79 Å². The molecule has 1 unspecified atom stereocenters. The van der Waals surface area contributed by atoms with Crippen molar-refractivity contribution in [3.05, 3.63) is 16.5 Å². The van der Waals surface area contributed by atoms with Gasteiger partial charge in [0.25, 0.3) is 0 Å². The molecular formula is C14H19NO3S2. The molecule has 2 rings (SSSR count). The third-order valence-corrected chi connectivity index (χ3v) is 5.66. The number of rotatable bonds is 5. The Morgan fingerprint density at radius 1 is 1.45 bits per heavy atom. The molecule has 0 radical (unpaired) electrons. The zero-order valence-corrected chi connectivity index (χ0v) is 13.4. The van der Waals surface area contributed by atoms with Crippen molar-refractivity contribution in [2.45, 2.75) is 38.4 Å². The number of thiophene rings is 1. The van der Waals surface area contributed by atoms with E-state index in [4.69, 9.17) is 4.74 Å². The highest BCUT2D eigenvalue weighted by atomic mass is 32.2. The lowest BCUT2D eigenvalue weighted by molar-refractivity contribution is -0.115. The second-order valence-electron chi connectivity index (χ2n) is 4.52. The summed E-state index contributed by atoms with van der Waals surface area (Å²) in [6.07, 6.45) is 2.83. The van der Waals surface area contributed by atoms with Crippen molar-refractivity contribution in [2.75, 3.05) is 17.7 Å². The van der Waals surface area contributed by atoms with Gasteiger partial charge in [-0.15, -0.1) is 23.1 Å². The van der Waals surface area contributed by atoms with Gasteiger partial charge in [0.15, 0.2) is 0 Å². The Kier molecular flexibility index (Phi) is 5.48. The van der Waals surface area contributed by atoms with E-state index in [0.29, 0.717) is 17.2 Å². The molecule has 1 atom stereocenters. The number of amides is 1. The van der Waals surface area contributed by atoms with Gasteiger partial charge in [0.2, 0.25) is 5.91 Å². The number of carbonyl (C=O) groups excluding carboxylic acids is 2. The van der Waals surface area contributed by atoms with Crippen LogP contribution < -0.4 is 5.32 Å². The molecule has 20 heavy (non-hydrogen) atoms. The summed E-state index contributed by atoms with van der Waals surface area (Å²) in [6, 6.07) is 1.82. The van der Waals surface area contributed by atoms with Crippen LogP contribution in [0.15, 0.2) is 6.07 Å². The number of esters is 1. The number of ether oxygens (including phenoxy) is 1. The summed E-state index contributed by atoms with van der Waals surface area (Å²) < 4.78 is 5.04. The molecule has 0 aromatic carbocycles. The smallest absolute Gasteiger partial charge is 0.341 e. The van der Waals surface area contributed by atoms with E-state index in [0.717, 1.165) is 29.9 Å². The van der Waals surface area contributed by atoms with Crippen LogP contribution >= 0.6 is 23.1 Å². The van der Waals surface area contributed by atoms with Gasteiger partial charge in [-0.3, -0.25) is 4.79 Å². The minimum Gasteiger partial charge on any atom is -0.462 e. The van der Waals surface area contributed by atoms with E-state index in [2.05, 4.69) is 5.32 Å². The van der Waals surface area contributed by atoms with Crippen molar-refractivity contribution in [1.82, 2.24) is 0 Å². The molecule has 1 aliphatic rings. The molecule has 0 saturated carbocycles. The average molecular weight is 313 g/mol. The first-order chi connectivity index (χ1) is 9.65. The molecular weight excluding hydrogens is 294 g/mol. The zero-order chi connectivity index (χ0) is 14.5. The summed E-state index contributed by atoms with van der Waals surface area (Å²) in [5.41, 5.74) is 0.477. The SMILES string of the molecule is CCOC(=O)c1cc(CC)sc1NC(=O)C1CCCS1. The largest absolute Gasteiger partial charge is 0.462 e. The Balaban J connectivity index is 2.14.